The van der Waals surface area contributed by atoms with Gasteiger partial charge < -0.3 is 5.21 Å². The lowest BCUT2D eigenvalue weighted by atomic mass is 10.3. The van der Waals surface area contributed by atoms with Crippen molar-refractivity contribution in [2.75, 3.05) is 0 Å². The molecule has 2 rings (SSSR count). The lowest BCUT2D eigenvalue weighted by Crippen LogP contribution is -2.40. The van der Waals surface area contributed by atoms with Gasteiger partial charge in [0.1, 0.15) is 0 Å². The van der Waals surface area contributed by atoms with Crippen molar-refractivity contribution < 1.29 is 14.5 Å². The second kappa shape index (κ2) is 6.44. The second-order valence-corrected chi connectivity index (χ2v) is 3.93. The van der Waals surface area contributed by atoms with Crippen molar-refractivity contribution in [1.82, 2.24) is 5.10 Å². The molecule has 5 nitrogen and oxygen atoms in total. The predicted molar refractivity (Wildman–Crippen MR) is 65.1 cm³/mol. The third-order valence-corrected chi connectivity index (χ3v) is 2.60. The maximum Gasteiger partial charge on any atom is 0.196 e. The normalized spacial score (nSPS) is 10.9. The molecule has 0 amide bonds. The SMILES string of the molecule is O/N=C/c1cc[n+](CCC[n+]2ccccn2)cc1. The fourth-order valence-corrected chi connectivity index (χ4v) is 1.68. The molecule has 0 radical (unpaired) electrons. The van der Waals surface area contributed by atoms with Crippen LogP contribution in [0.3, 0.4) is 0 Å². The van der Waals surface area contributed by atoms with Crippen molar-refractivity contribution in [3.8, 4) is 0 Å². The van der Waals surface area contributed by atoms with Gasteiger partial charge in [-0.1, -0.05) is 9.84 Å². The first-order valence-corrected chi connectivity index (χ1v) is 5.86. The highest BCUT2D eigenvalue weighted by molar-refractivity contribution is 5.78. The highest BCUT2D eigenvalue weighted by Crippen LogP contribution is 1.90. The van der Waals surface area contributed by atoms with Gasteiger partial charge in [0.25, 0.3) is 0 Å². The number of aromatic nitrogens is 3. The number of rotatable bonds is 5. The summed E-state index contributed by atoms with van der Waals surface area (Å²) >= 11 is 0. The van der Waals surface area contributed by atoms with E-state index in [0.29, 0.717) is 0 Å². The first-order chi connectivity index (χ1) is 8.88. The molecule has 0 aliphatic carbocycles. The monoisotopic (exact) mass is 244 g/mol. The van der Waals surface area contributed by atoms with E-state index < -0.39 is 0 Å². The smallest absolute Gasteiger partial charge is 0.196 e. The molecule has 0 aliphatic rings. The van der Waals surface area contributed by atoms with Crippen molar-refractivity contribution >= 4 is 6.21 Å². The summed E-state index contributed by atoms with van der Waals surface area (Å²) in [7, 11) is 0. The van der Waals surface area contributed by atoms with E-state index in [1.807, 2.05) is 47.5 Å². The minimum absolute atomic E-state index is 0.882. The average Bonchev–Trinajstić information content (AvgIpc) is 2.42. The van der Waals surface area contributed by atoms with Gasteiger partial charge >= 0.3 is 0 Å². The standard InChI is InChI=1S/C13H15N4O/c18-15-12-13-4-10-16(11-5-13)7-3-9-17-8-2-1-6-14-17/h1-2,4-6,8,10-12H,3,7,9H2/q+1/p+1. The Labute approximate surface area is 106 Å². The van der Waals surface area contributed by atoms with Gasteiger partial charge in [0.05, 0.1) is 18.8 Å². The van der Waals surface area contributed by atoms with Crippen LogP contribution >= 0.6 is 0 Å². The topological polar surface area (TPSA) is 53.2 Å². The summed E-state index contributed by atoms with van der Waals surface area (Å²) in [6, 6.07) is 7.71. The molecule has 5 heteroatoms. The molecule has 2 heterocycles. The van der Waals surface area contributed by atoms with Crippen LogP contribution < -0.4 is 9.25 Å². The molecule has 0 unspecified atom stereocenters. The highest BCUT2D eigenvalue weighted by Gasteiger charge is 2.04. The largest absolute Gasteiger partial charge is 0.411 e. The van der Waals surface area contributed by atoms with Crippen LogP contribution in [0.4, 0.5) is 0 Å². The summed E-state index contributed by atoms with van der Waals surface area (Å²) in [5, 5.41) is 15.6. The van der Waals surface area contributed by atoms with Gasteiger partial charge in [-0.15, -0.1) is 0 Å². The van der Waals surface area contributed by atoms with Crippen molar-refractivity contribution in [2.45, 2.75) is 19.5 Å². The third kappa shape index (κ3) is 3.62. The molecule has 0 aromatic carbocycles. The van der Waals surface area contributed by atoms with E-state index in [0.717, 1.165) is 25.1 Å². The number of pyridine rings is 1. The van der Waals surface area contributed by atoms with E-state index >= 15 is 0 Å². The van der Waals surface area contributed by atoms with Crippen LogP contribution in [0.1, 0.15) is 12.0 Å². The Morgan fingerprint density at radius 1 is 1.17 bits per heavy atom. The lowest BCUT2D eigenvalue weighted by molar-refractivity contribution is -0.765. The number of hydrogen-bond donors (Lipinski definition) is 1. The number of hydrogen-bond acceptors (Lipinski definition) is 3. The lowest BCUT2D eigenvalue weighted by Gasteiger charge is -1.95. The molecule has 18 heavy (non-hydrogen) atoms. The summed E-state index contributed by atoms with van der Waals surface area (Å²) in [4.78, 5) is 0. The van der Waals surface area contributed by atoms with Gasteiger partial charge in [0, 0.05) is 23.8 Å². The second-order valence-electron chi connectivity index (χ2n) is 3.93. The van der Waals surface area contributed by atoms with Crippen molar-refractivity contribution in [3.63, 3.8) is 0 Å². The van der Waals surface area contributed by atoms with Gasteiger partial charge in [-0.25, -0.2) is 4.57 Å². The van der Waals surface area contributed by atoms with Gasteiger partial charge in [0.2, 0.25) is 0 Å². The Kier molecular flexibility index (Phi) is 4.35. The summed E-state index contributed by atoms with van der Waals surface area (Å²) in [6.07, 6.45) is 10.1. The summed E-state index contributed by atoms with van der Waals surface area (Å²) in [6.45, 7) is 1.83. The minimum atomic E-state index is 0.882. The fourth-order valence-electron chi connectivity index (χ4n) is 1.68. The Hall–Kier alpha value is -2.30. The van der Waals surface area contributed by atoms with E-state index in [1.54, 1.807) is 6.20 Å². The van der Waals surface area contributed by atoms with E-state index in [4.69, 9.17) is 5.21 Å². The van der Waals surface area contributed by atoms with Crippen LogP contribution in [0.2, 0.25) is 0 Å². The van der Waals surface area contributed by atoms with Gasteiger partial charge in [-0.3, -0.25) is 0 Å². The summed E-state index contributed by atoms with van der Waals surface area (Å²) in [5.74, 6) is 0. The van der Waals surface area contributed by atoms with E-state index in [1.165, 1.54) is 6.21 Å². The number of oxime groups is 1. The van der Waals surface area contributed by atoms with Gasteiger partial charge in [0.15, 0.2) is 31.7 Å². The zero-order valence-electron chi connectivity index (χ0n) is 10.1. The van der Waals surface area contributed by atoms with Crippen LogP contribution in [0, 0.1) is 0 Å². The molecule has 0 spiro atoms. The molecular weight excluding hydrogens is 228 g/mol. The zero-order chi connectivity index (χ0) is 12.6. The van der Waals surface area contributed by atoms with Crippen molar-refractivity contribution in [1.29, 1.82) is 0 Å². The Morgan fingerprint density at radius 3 is 2.67 bits per heavy atom. The molecule has 0 fully saturated rings. The molecule has 0 aliphatic heterocycles. The van der Waals surface area contributed by atoms with Gasteiger partial charge in [-0.05, 0) is 11.2 Å². The molecule has 92 valence electrons. The molecular formula is C13H16N4O+2. The molecule has 0 saturated heterocycles. The molecule has 0 bridgehead atoms. The summed E-state index contributed by atoms with van der Waals surface area (Å²) < 4.78 is 4.02. The summed E-state index contributed by atoms with van der Waals surface area (Å²) in [5.41, 5.74) is 0.882. The Balaban J connectivity index is 1.83. The first-order valence-electron chi connectivity index (χ1n) is 5.86. The average molecular weight is 244 g/mol. The molecule has 0 atom stereocenters. The minimum Gasteiger partial charge on any atom is -0.411 e. The molecule has 1 N–H and O–H groups in total. The Morgan fingerprint density at radius 2 is 2.00 bits per heavy atom. The van der Waals surface area contributed by atoms with Gasteiger partial charge in [-0.2, -0.15) is 0 Å². The maximum absolute atomic E-state index is 8.41. The maximum atomic E-state index is 8.41. The third-order valence-electron chi connectivity index (χ3n) is 2.60. The quantitative estimate of drug-likeness (QED) is 0.361. The van der Waals surface area contributed by atoms with Crippen LogP contribution in [-0.4, -0.2) is 16.5 Å². The number of aryl methyl sites for hydroxylation is 2. The van der Waals surface area contributed by atoms with Crippen molar-refractivity contribution in [2.24, 2.45) is 5.16 Å². The highest BCUT2D eigenvalue weighted by atomic mass is 16.4. The number of nitrogens with zero attached hydrogens (tertiary/aromatic N) is 4. The van der Waals surface area contributed by atoms with E-state index in [-0.39, 0.29) is 0 Å². The van der Waals surface area contributed by atoms with Crippen LogP contribution in [0.15, 0.2) is 54.2 Å². The first kappa shape index (κ1) is 12.2. The Bertz CT molecular complexity index is 496. The van der Waals surface area contributed by atoms with Crippen LogP contribution in [0.25, 0.3) is 0 Å². The van der Waals surface area contributed by atoms with Crippen molar-refractivity contribution in [3.05, 3.63) is 54.6 Å². The molecule has 2 aromatic rings. The predicted octanol–water partition coefficient (Wildman–Crippen LogP) is 0.555. The fraction of sp³-hybridized carbons (Fsp3) is 0.231. The van der Waals surface area contributed by atoms with E-state index in [2.05, 4.69) is 14.8 Å². The van der Waals surface area contributed by atoms with Crippen LogP contribution in [0.5, 0.6) is 0 Å². The zero-order valence-corrected chi connectivity index (χ0v) is 10.1. The van der Waals surface area contributed by atoms with Crippen LogP contribution in [-0.2, 0) is 13.1 Å². The van der Waals surface area contributed by atoms with E-state index in [9.17, 15) is 0 Å². The molecule has 0 saturated carbocycles. The molecule has 2 aromatic heterocycles.